The van der Waals surface area contributed by atoms with E-state index in [4.69, 9.17) is 9.47 Å². The molecule has 0 aliphatic rings. The number of nitrogens with one attached hydrogen (secondary N) is 2. The summed E-state index contributed by atoms with van der Waals surface area (Å²) in [4.78, 5) is 38.2. The Labute approximate surface area is 219 Å². The van der Waals surface area contributed by atoms with Crippen LogP contribution in [-0.2, 0) is 24.3 Å². The molecule has 1 heterocycles. The average Bonchev–Trinajstić information content (AvgIpc) is 3.30. The molecule has 0 radical (unpaired) electrons. The van der Waals surface area contributed by atoms with E-state index in [0.717, 1.165) is 16.9 Å². The summed E-state index contributed by atoms with van der Waals surface area (Å²) >= 11 is 1.20. The zero-order chi connectivity index (χ0) is 26.8. The van der Waals surface area contributed by atoms with Gasteiger partial charge in [0.2, 0.25) is 10.0 Å². The Morgan fingerprint density at radius 3 is 2.38 bits per heavy atom. The quantitative estimate of drug-likeness (QED) is 0.310. The third-order valence-corrected chi connectivity index (χ3v) is 7.48. The highest BCUT2D eigenvalue weighted by Crippen LogP contribution is 2.36. The molecule has 0 atom stereocenters. The molecular formula is C26H28N2O7S2. The zero-order valence-corrected chi connectivity index (χ0v) is 22.1. The highest BCUT2D eigenvalue weighted by molar-refractivity contribution is 7.92. The molecule has 9 nitrogen and oxygen atoms in total. The van der Waals surface area contributed by atoms with Crippen molar-refractivity contribution in [2.24, 2.45) is 0 Å². The van der Waals surface area contributed by atoms with Gasteiger partial charge in [0.1, 0.15) is 5.00 Å². The molecule has 3 rings (SSSR count). The molecule has 1 aromatic heterocycles. The van der Waals surface area contributed by atoms with Gasteiger partial charge in [-0.2, -0.15) is 0 Å². The lowest BCUT2D eigenvalue weighted by molar-refractivity contribution is -0.119. The summed E-state index contributed by atoms with van der Waals surface area (Å²) in [6.07, 6.45) is 1.25. The van der Waals surface area contributed by atoms with Gasteiger partial charge < -0.3 is 14.8 Å². The minimum atomic E-state index is -3.54. The van der Waals surface area contributed by atoms with E-state index in [-0.39, 0.29) is 34.2 Å². The number of benzene rings is 2. The monoisotopic (exact) mass is 544 g/mol. The van der Waals surface area contributed by atoms with Crippen LogP contribution in [0.3, 0.4) is 0 Å². The Balaban J connectivity index is 1.66. The van der Waals surface area contributed by atoms with Crippen molar-refractivity contribution in [1.82, 2.24) is 0 Å². The van der Waals surface area contributed by atoms with Crippen molar-refractivity contribution in [1.29, 1.82) is 0 Å². The third-order valence-electron chi connectivity index (χ3n) is 5.01. The topological polar surface area (TPSA) is 128 Å². The van der Waals surface area contributed by atoms with Crippen LogP contribution in [0.5, 0.6) is 0 Å². The lowest BCUT2D eigenvalue weighted by Gasteiger charge is -2.10. The minimum Gasteiger partial charge on any atom is -0.462 e. The Bertz CT molecular complexity index is 1350. The molecule has 0 fully saturated rings. The van der Waals surface area contributed by atoms with Crippen molar-refractivity contribution in [2.45, 2.75) is 26.7 Å². The van der Waals surface area contributed by atoms with Gasteiger partial charge in [-0.25, -0.2) is 18.0 Å². The summed E-state index contributed by atoms with van der Waals surface area (Å²) < 4.78 is 36.9. The standard InChI is InChI=1S/C26H28N2O7S2/c1-3-5-14-37(32,33)28-20-13-9-12-19(15-20)25(30)35-17-23(29)27-24-21(26(31)34-4-2)16-22(36-24)18-10-7-6-8-11-18/h6-13,15-16,28H,3-5,14,17H2,1-2H3,(H,27,29). The van der Waals surface area contributed by atoms with Gasteiger partial charge in [-0.15, -0.1) is 11.3 Å². The van der Waals surface area contributed by atoms with E-state index < -0.39 is 34.5 Å². The average molecular weight is 545 g/mol. The number of sulfonamides is 1. The Morgan fingerprint density at radius 2 is 1.68 bits per heavy atom. The first-order valence-corrected chi connectivity index (χ1v) is 14.1. The smallest absolute Gasteiger partial charge is 0.341 e. The Morgan fingerprint density at radius 1 is 0.919 bits per heavy atom. The van der Waals surface area contributed by atoms with Crippen LogP contribution in [0, 0.1) is 0 Å². The number of hydrogen-bond donors (Lipinski definition) is 2. The molecule has 0 unspecified atom stereocenters. The maximum atomic E-state index is 12.6. The summed E-state index contributed by atoms with van der Waals surface area (Å²) in [7, 11) is -3.54. The van der Waals surface area contributed by atoms with Crippen LogP contribution >= 0.6 is 11.3 Å². The van der Waals surface area contributed by atoms with Crippen LogP contribution in [0.25, 0.3) is 10.4 Å². The fourth-order valence-corrected chi connectivity index (χ4v) is 5.57. The van der Waals surface area contributed by atoms with Crippen LogP contribution in [0.15, 0.2) is 60.7 Å². The molecule has 2 aromatic carbocycles. The number of hydrogen-bond acceptors (Lipinski definition) is 8. The number of thiophene rings is 1. The summed E-state index contributed by atoms with van der Waals surface area (Å²) in [6, 6.07) is 16.8. The van der Waals surface area contributed by atoms with E-state index in [9.17, 15) is 22.8 Å². The predicted molar refractivity (Wildman–Crippen MR) is 143 cm³/mol. The van der Waals surface area contributed by atoms with Crippen LogP contribution in [0.2, 0.25) is 0 Å². The van der Waals surface area contributed by atoms with E-state index >= 15 is 0 Å². The second-order valence-electron chi connectivity index (χ2n) is 7.92. The summed E-state index contributed by atoms with van der Waals surface area (Å²) in [5.74, 6) is -2.05. The maximum Gasteiger partial charge on any atom is 0.341 e. The van der Waals surface area contributed by atoms with Crippen LogP contribution < -0.4 is 10.0 Å². The maximum absolute atomic E-state index is 12.6. The van der Waals surface area contributed by atoms with Gasteiger partial charge in [0.05, 0.1) is 23.5 Å². The van der Waals surface area contributed by atoms with Gasteiger partial charge in [-0.1, -0.05) is 49.7 Å². The number of carbonyl (C=O) groups excluding carboxylic acids is 3. The van der Waals surface area contributed by atoms with Crippen molar-refractivity contribution >= 4 is 49.9 Å². The molecule has 1 amide bonds. The number of anilines is 2. The van der Waals surface area contributed by atoms with Crippen molar-refractivity contribution in [3.8, 4) is 10.4 Å². The molecule has 37 heavy (non-hydrogen) atoms. The molecule has 11 heteroatoms. The van der Waals surface area contributed by atoms with Gasteiger partial charge in [-0.3, -0.25) is 9.52 Å². The third kappa shape index (κ3) is 8.16. The van der Waals surface area contributed by atoms with Crippen LogP contribution in [0.1, 0.15) is 47.4 Å². The Hall–Kier alpha value is -3.70. The molecule has 3 aromatic rings. The van der Waals surface area contributed by atoms with Gasteiger partial charge in [0.15, 0.2) is 6.61 Å². The lowest BCUT2D eigenvalue weighted by Crippen LogP contribution is -2.22. The van der Waals surface area contributed by atoms with Gasteiger partial charge in [0, 0.05) is 10.6 Å². The summed E-state index contributed by atoms with van der Waals surface area (Å²) in [5.41, 5.74) is 1.38. The number of rotatable bonds is 12. The van der Waals surface area contributed by atoms with E-state index in [2.05, 4.69) is 10.0 Å². The van der Waals surface area contributed by atoms with Gasteiger partial charge >= 0.3 is 11.9 Å². The minimum absolute atomic E-state index is 0.0269. The van der Waals surface area contributed by atoms with E-state index in [1.165, 1.54) is 35.6 Å². The number of ether oxygens (including phenoxy) is 2. The Kier molecular flexibility index (Phi) is 9.81. The van der Waals surface area contributed by atoms with E-state index in [0.29, 0.717) is 6.42 Å². The molecule has 0 spiro atoms. The molecule has 2 N–H and O–H groups in total. The molecule has 0 aliphatic heterocycles. The normalized spacial score (nSPS) is 11.0. The van der Waals surface area contributed by atoms with Crippen molar-refractivity contribution in [3.63, 3.8) is 0 Å². The molecule has 0 aliphatic carbocycles. The SMILES string of the molecule is CCCCS(=O)(=O)Nc1cccc(C(=O)OCC(=O)Nc2sc(-c3ccccc3)cc2C(=O)OCC)c1. The van der Waals surface area contributed by atoms with Crippen molar-refractivity contribution < 1.29 is 32.3 Å². The number of carbonyl (C=O) groups is 3. The molecule has 196 valence electrons. The fourth-order valence-electron chi connectivity index (χ4n) is 3.24. The molecule has 0 saturated heterocycles. The fraction of sp³-hybridized carbons (Fsp3) is 0.269. The second kappa shape index (κ2) is 13.0. The lowest BCUT2D eigenvalue weighted by atomic mass is 10.1. The van der Waals surface area contributed by atoms with Crippen LogP contribution in [0.4, 0.5) is 10.7 Å². The second-order valence-corrected chi connectivity index (χ2v) is 10.8. The molecule has 0 saturated carbocycles. The molecular weight excluding hydrogens is 516 g/mol. The van der Waals surface area contributed by atoms with Crippen molar-refractivity contribution in [2.75, 3.05) is 29.0 Å². The highest BCUT2D eigenvalue weighted by atomic mass is 32.2. The number of amides is 1. The number of unbranched alkanes of at least 4 members (excludes halogenated alkanes) is 1. The first kappa shape index (κ1) is 27.9. The first-order valence-electron chi connectivity index (χ1n) is 11.7. The van der Waals surface area contributed by atoms with Gasteiger partial charge in [-0.05, 0) is 43.2 Å². The van der Waals surface area contributed by atoms with Crippen molar-refractivity contribution in [3.05, 3.63) is 71.8 Å². The van der Waals surface area contributed by atoms with E-state index in [1.54, 1.807) is 13.0 Å². The van der Waals surface area contributed by atoms with Gasteiger partial charge in [0.25, 0.3) is 5.91 Å². The molecule has 0 bridgehead atoms. The van der Waals surface area contributed by atoms with E-state index in [1.807, 2.05) is 37.3 Å². The van der Waals surface area contributed by atoms with Crippen LogP contribution in [-0.4, -0.2) is 45.2 Å². The highest BCUT2D eigenvalue weighted by Gasteiger charge is 2.21. The largest absolute Gasteiger partial charge is 0.462 e. The number of esters is 2. The summed E-state index contributed by atoms with van der Waals surface area (Å²) in [6.45, 7) is 3.14. The predicted octanol–water partition coefficient (Wildman–Crippen LogP) is 4.93. The zero-order valence-electron chi connectivity index (χ0n) is 20.5. The first-order chi connectivity index (χ1) is 17.7. The summed E-state index contributed by atoms with van der Waals surface area (Å²) in [5, 5.41) is 2.90.